The third-order valence-electron chi connectivity index (χ3n) is 5.89. The molecule has 1 N–H and O–H groups in total. The Kier molecular flexibility index (Phi) is 7.45. The molecule has 0 radical (unpaired) electrons. The molecular weight excluding hydrogens is 526 g/mol. The molecule has 1 atom stereocenters. The maximum atomic E-state index is 13.6. The topological polar surface area (TPSA) is 94.3 Å². The lowest BCUT2D eigenvalue weighted by atomic mass is 9.82. The summed E-state index contributed by atoms with van der Waals surface area (Å²) in [5.41, 5.74) is 0.337. The van der Waals surface area contributed by atoms with E-state index in [1.807, 2.05) is 0 Å². The lowest BCUT2D eigenvalue weighted by Crippen LogP contribution is -2.19. The third-order valence-corrected chi connectivity index (χ3v) is 7.24. The van der Waals surface area contributed by atoms with Crippen molar-refractivity contribution in [2.75, 3.05) is 11.3 Å². The number of hydrogen-bond acceptors (Lipinski definition) is 6. The van der Waals surface area contributed by atoms with E-state index in [9.17, 15) is 26.0 Å². The SMILES string of the molecule is C=C(/C(=C\C(=C/C)C(F)(F)F)c1coc(C)n1)[C@@H]1CCOc2cc(S(=O)(=O)Nc3cccc(F)n3)ccc21. The number of fused-ring (bicyclic) bond motifs is 1. The van der Waals surface area contributed by atoms with Crippen LogP contribution in [0, 0.1) is 12.9 Å². The number of halogens is 4. The highest BCUT2D eigenvalue weighted by Crippen LogP contribution is 2.44. The summed E-state index contributed by atoms with van der Waals surface area (Å²) >= 11 is 0. The minimum Gasteiger partial charge on any atom is -0.493 e. The lowest BCUT2D eigenvalue weighted by Gasteiger charge is -2.29. The predicted octanol–water partition coefficient (Wildman–Crippen LogP) is 6.33. The molecule has 0 amide bonds. The monoisotopic (exact) mass is 549 g/mol. The van der Waals surface area contributed by atoms with Crippen molar-refractivity contribution in [3.8, 4) is 5.75 Å². The van der Waals surface area contributed by atoms with Crippen LogP contribution in [-0.2, 0) is 10.0 Å². The van der Waals surface area contributed by atoms with Crippen LogP contribution < -0.4 is 9.46 Å². The molecule has 0 fully saturated rings. The first-order valence-corrected chi connectivity index (χ1v) is 12.9. The number of pyridine rings is 1. The Labute approximate surface area is 216 Å². The number of aromatic nitrogens is 2. The standard InChI is InChI=1S/C26H23F4N3O4S/c1-4-17(26(28,29)30)12-21(22-14-37-16(3)31-22)15(2)19-10-11-36-23-13-18(8-9-20(19)23)38(34,35)33-25-7-5-6-24(27)32-25/h4-9,12-14,19H,2,10-11H2,1,3H3,(H,32,33)/b17-4+,21-12+/t19-/m0/s1. The second kappa shape index (κ2) is 10.4. The highest BCUT2D eigenvalue weighted by molar-refractivity contribution is 7.92. The van der Waals surface area contributed by atoms with Gasteiger partial charge in [-0.25, -0.2) is 18.4 Å². The molecule has 1 aromatic carbocycles. The normalized spacial score (nSPS) is 16.5. The number of nitrogens with one attached hydrogen (secondary N) is 1. The van der Waals surface area contributed by atoms with E-state index in [-0.39, 0.29) is 40.2 Å². The van der Waals surface area contributed by atoms with Gasteiger partial charge < -0.3 is 9.15 Å². The van der Waals surface area contributed by atoms with E-state index < -0.39 is 33.6 Å². The molecule has 0 spiro atoms. The summed E-state index contributed by atoms with van der Waals surface area (Å²) in [5.74, 6) is -1.04. The quantitative estimate of drug-likeness (QED) is 0.210. The Morgan fingerprint density at radius 3 is 2.61 bits per heavy atom. The number of alkyl halides is 3. The van der Waals surface area contributed by atoms with Crippen LogP contribution in [0.15, 0.2) is 81.9 Å². The molecule has 1 aliphatic rings. The number of allylic oxidation sites excluding steroid dienone is 5. The van der Waals surface area contributed by atoms with Crippen LogP contribution in [-0.4, -0.2) is 31.2 Å². The molecule has 4 rings (SSSR count). The fraction of sp³-hybridized carbons (Fsp3) is 0.231. The number of hydrogen-bond donors (Lipinski definition) is 1. The van der Waals surface area contributed by atoms with Crippen molar-refractivity contribution < 1.29 is 35.1 Å². The van der Waals surface area contributed by atoms with Gasteiger partial charge in [-0.05, 0) is 43.2 Å². The lowest BCUT2D eigenvalue weighted by molar-refractivity contribution is -0.0882. The van der Waals surface area contributed by atoms with Gasteiger partial charge in [0.25, 0.3) is 10.0 Å². The van der Waals surface area contributed by atoms with E-state index in [0.29, 0.717) is 17.6 Å². The van der Waals surface area contributed by atoms with Gasteiger partial charge in [0.05, 0.1) is 17.1 Å². The number of rotatable bonds is 7. The molecule has 0 saturated carbocycles. The predicted molar refractivity (Wildman–Crippen MR) is 132 cm³/mol. The van der Waals surface area contributed by atoms with Gasteiger partial charge in [-0.3, -0.25) is 4.72 Å². The minimum atomic E-state index is -4.60. The van der Waals surface area contributed by atoms with E-state index in [2.05, 4.69) is 21.3 Å². The van der Waals surface area contributed by atoms with Crippen molar-refractivity contribution in [1.29, 1.82) is 0 Å². The van der Waals surface area contributed by atoms with Gasteiger partial charge in [0.2, 0.25) is 5.95 Å². The molecule has 0 bridgehead atoms. The van der Waals surface area contributed by atoms with E-state index in [4.69, 9.17) is 9.15 Å². The molecule has 3 heterocycles. The largest absolute Gasteiger partial charge is 0.493 e. The Balaban J connectivity index is 1.70. The molecule has 12 heteroatoms. The van der Waals surface area contributed by atoms with Gasteiger partial charge >= 0.3 is 6.18 Å². The molecule has 0 aliphatic carbocycles. The minimum absolute atomic E-state index is 0.140. The summed E-state index contributed by atoms with van der Waals surface area (Å²) in [6.45, 7) is 7.12. The van der Waals surface area contributed by atoms with Crippen LogP contribution in [0.2, 0.25) is 0 Å². The Hall–Kier alpha value is -3.93. The molecule has 1 aliphatic heterocycles. The van der Waals surface area contributed by atoms with Crippen molar-refractivity contribution in [2.45, 2.75) is 37.3 Å². The summed E-state index contributed by atoms with van der Waals surface area (Å²) in [6.07, 6.45) is -1.02. The smallest absolute Gasteiger partial charge is 0.416 e. The number of anilines is 1. The summed E-state index contributed by atoms with van der Waals surface area (Å²) in [5, 5.41) is 0. The number of benzene rings is 1. The van der Waals surface area contributed by atoms with E-state index in [0.717, 1.165) is 18.2 Å². The van der Waals surface area contributed by atoms with Crippen LogP contribution in [0.25, 0.3) is 5.57 Å². The number of aryl methyl sites for hydroxylation is 1. The Bertz CT molecular complexity index is 1540. The van der Waals surface area contributed by atoms with E-state index >= 15 is 0 Å². The highest BCUT2D eigenvalue weighted by atomic mass is 32.2. The van der Waals surface area contributed by atoms with Gasteiger partial charge in [0.1, 0.15) is 23.5 Å². The zero-order chi connectivity index (χ0) is 27.7. The van der Waals surface area contributed by atoms with Crippen LogP contribution in [0.3, 0.4) is 0 Å². The molecule has 0 unspecified atom stereocenters. The summed E-state index contributed by atoms with van der Waals surface area (Å²) in [4.78, 5) is 7.54. The molecule has 7 nitrogen and oxygen atoms in total. The van der Waals surface area contributed by atoms with Crippen LogP contribution >= 0.6 is 0 Å². The van der Waals surface area contributed by atoms with E-state index in [1.165, 1.54) is 43.5 Å². The van der Waals surface area contributed by atoms with Crippen LogP contribution in [0.4, 0.5) is 23.4 Å². The van der Waals surface area contributed by atoms with Gasteiger partial charge in [-0.2, -0.15) is 17.6 Å². The average Bonchev–Trinajstić information content (AvgIpc) is 3.28. The van der Waals surface area contributed by atoms with Crippen molar-refractivity contribution in [3.63, 3.8) is 0 Å². The van der Waals surface area contributed by atoms with Gasteiger partial charge in [-0.1, -0.05) is 24.8 Å². The second-order valence-corrected chi connectivity index (χ2v) is 10.1. The summed E-state index contributed by atoms with van der Waals surface area (Å²) < 4.78 is 93.0. The van der Waals surface area contributed by atoms with E-state index in [1.54, 1.807) is 6.92 Å². The third kappa shape index (κ3) is 5.80. The fourth-order valence-electron chi connectivity index (χ4n) is 4.05. The van der Waals surface area contributed by atoms with Gasteiger partial charge in [-0.15, -0.1) is 0 Å². The van der Waals surface area contributed by atoms with Crippen molar-refractivity contribution in [3.05, 3.63) is 95.6 Å². The van der Waals surface area contributed by atoms with Gasteiger partial charge in [0.15, 0.2) is 5.89 Å². The molecule has 0 saturated heterocycles. The zero-order valence-electron chi connectivity index (χ0n) is 20.3. The second-order valence-electron chi connectivity index (χ2n) is 8.42. The van der Waals surface area contributed by atoms with Crippen molar-refractivity contribution in [2.24, 2.45) is 0 Å². The van der Waals surface area contributed by atoms with Crippen molar-refractivity contribution >= 4 is 21.4 Å². The number of ether oxygens (including phenoxy) is 1. The number of nitrogens with zero attached hydrogens (tertiary/aromatic N) is 2. The Morgan fingerprint density at radius 1 is 1.21 bits per heavy atom. The fourth-order valence-corrected chi connectivity index (χ4v) is 5.07. The number of sulfonamides is 1. The maximum absolute atomic E-state index is 13.6. The zero-order valence-corrected chi connectivity index (χ0v) is 21.2. The average molecular weight is 550 g/mol. The molecule has 3 aromatic rings. The highest BCUT2D eigenvalue weighted by Gasteiger charge is 2.34. The van der Waals surface area contributed by atoms with Crippen molar-refractivity contribution in [1.82, 2.24) is 9.97 Å². The van der Waals surface area contributed by atoms with Crippen LogP contribution in [0.5, 0.6) is 5.75 Å². The summed E-state index contributed by atoms with van der Waals surface area (Å²) in [6, 6.07) is 7.83. The molecular formula is C26H23F4N3O4S. The van der Waals surface area contributed by atoms with Gasteiger partial charge in [0, 0.05) is 30.0 Å². The molecule has 38 heavy (non-hydrogen) atoms. The Morgan fingerprint density at radius 2 is 1.97 bits per heavy atom. The first-order chi connectivity index (χ1) is 17.9. The maximum Gasteiger partial charge on any atom is 0.416 e. The first kappa shape index (κ1) is 27.1. The first-order valence-electron chi connectivity index (χ1n) is 11.4. The van der Waals surface area contributed by atoms with Crippen LogP contribution in [0.1, 0.15) is 36.4 Å². The molecule has 2 aromatic heterocycles. The number of oxazole rings is 1. The summed E-state index contributed by atoms with van der Waals surface area (Å²) in [7, 11) is -4.14. The molecule has 200 valence electrons.